The number of ether oxygens (including phenoxy) is 1. The van der Waals surface area contributed by atoms with Crippen LogP contribution in [-0.2, 0) is 4.74 Å². The monoisotopic (exact) mass is 253 g/mol. The molecule has 0 spiro atoms. The third kappa shape index (κ3) is 2.70. The van der Waals surface area contributed by atoms with Gasteiger partial charge < -0.3 is 4.74 Å². The van der Waals surface area contributed by atoms with Gasteiger partial charge in [-0.25, -0.2) is 0 Å². The first-order valence-electron chi connectivity index (χ1n) is 6.76. The number of rotatable bonds is 2. The van der Waals surface area contributed by atoms with Crippen molar-refractivity contribution in [2.45, 2.75) is 18.6 Å². The van der Waals surface area contributed by atoms with Gasteiger partial charge in [-0.1, -0.05) is 60.7 Å². The van der Waals surface area contributed by atoms with Crippen LogP contribution >= 0.6 is 0 Å². The molecule has 1 aliphatic rings. The number of hydrogen-bond donors (Lipinski definition) is 0. The fourth-order valence-corrected chi connectivity index (χ4v) is 2.71. The molecular formula is C17H19NO. The smallest absolute Gasteiger partial charge is 0.100 e. The van der Waals surface area contributed by atoms with E-state index in [1.165, 1.54) is 11.1 Å². The predicted octanol–water partition coefficient (Wildman–Crippen LogP) is 3.78. The van der Waals surface area contributed by atoms with Gasteiger partial charge in [-0.2, -0.15) is 0 Å². The lowest BCUT2D eigenvalue weighted by molar-refractivity contribution is -0.0890. The van der Waals surface area contributed by atoms with Crippen LogP contribution in [0, 0.1) is 0 Å². The van der Waals surface area contributed by atoms with Gasteiger partial charge in [0, 0.05) is 6.04 Å². The quantitative estimate of drug-likeness (QED) is 0.807. The summed E-state index contributed by atoms with van der Waals surface area (Å²) in [4.78, 5) is 2.27. The van der Waals surface area contributed by atoms with Gasteiger partial charge in [0.05, 0.1) is 6.10 Å². The molecule has 0 aromatic heterocycles. The van der Waals surface area contributed by atoms with Crippen LogP contribution in [0.1, 0.15) is 29.7 Å². The first-order valence-corrected chi connectivity index (χ1v) is 6.76. The zero-order valence-corrected chi connectivity index (χ0v) is 11.2. The van der Waals surface area contributed by atoms with Crippen LogP contribution in [0.2, 0.25) is 0 Å². The average molecular weight is 253 g/mol. The van der Waals surface area contributed by atoms with Crippen molar-refractivity contribution in [1.29, 1.82) is 0 Å². The molecule has 0 unspecified atom stereocenters. The summed E-state index contributed by atoms with van der Waals surface area (Å²) < 4.78 is 5.95. The highest BCUT2D eigenvalue weighted by Crippen LogP contribution is 2.36. The summed E-state index contributed by atoms with van der Waals surface area (Å²) in [6.45, 7) is 0.680. The lowest BCUT2D eigenvalue weighted by Gasteiger charge is -2.37. The minimum atomic E-state index is 0.197. The molecule has 3 rings (SSSR count). The summed E-state index contributed by atoms with van der Waals surface area (Å²) in [5, 5.41) is 0. The number of nitrogens with zero attached hydrogens (tertiary/aromatic N) is 1. The van der Waals surface area contributed by atoms with E-state index in [0.29, 0.717) is 12.8 Å². The third-order valence-corrected chi connectivity index (χ3v) is 3.80. The largest absolute Gasteiger partial charge is 0.358 e. The molecular weight excluding hydrogens is 234 g/mol. The molecule has 2 atom stereocenters. The van der Waals surface area contributed by atoms with E-state index >= 15 is 0 Å². The van der Waals surface area contributed by atoms with E-state index in [1.807, 2.05) is 6.07 Å². The van der Waals surface area contributed by atoms with Crippen LogP contribution in [0.25, 0.3) is 0 Å². The Balaban J connectivity index is 1.82. The van der Waals surface area contributed by atoms with Gasteiger partial charge in [-0.05, 0) is 24.6 Å². The lowest BCUT2D eigenvalue weighted by Crippen LogP contribution is -2.34. The van der Waals surface area contributed by atoms with E-state index in [1.54, 1.807) is 0 Å². The summed E-state index contributed by atoms with van der Waals surface area (Å²) in [6.07, 6.45) is 1.20. The molecule has 1 aliphatic heterocycles. The van der Waals surface area contributed by atoms with Crippen LogP contribution < -0.4 is 0 Å². The second-order valence-electron chi connectivity index (χ2n) is 5.11. The van der Waals surface area contributed by atoms with E-state index in [-0.39, 0.29) is 6.10 Å². The van der Waals surface area contributed by atoms with Gasteiger partial charge in [-0.3, -0.25) is 4.90 Å². The molecule has 0 bridgehead atoms. The van der Waals surface area contributed by atoms with Gasteiger partial charge in [-0.15, -0.1) is 0 Å². The van der Waals surface area contributed by atoms with Crippen molar-refractivity contribution < 1.29 is 4.74 Å². The van der Waals surface area contributed by atoms with Crippen LogP contribution in [0.4, 0.5) is 0 Å². The molecule has 1 heterocycles. The lowest BCUT2D eigenvalue weighted by atomic mass is 9.95. The summed E-state index contributed by atoms with van der Waals surface area (Å²) in [5.74, 6) is 0. The van der Waals surface area contributed by atoms with Crippen molar-refractivity contribution in [2.24, 2.45) is 0 Å². The van der Waals surface area contributed by atoms with E-state index in [9.17, 15) is 0 Å². The summed E-state index contributed by atoms with van der Waals surface area (Å²) in [5.41, 5.74) is 2.64. The van der Waals surface area contributed by atoms with E-state index < -0.39 is 0 Å². The van der Waals surface area contributed by atoms with E-state index in [0.717, 1.165) is 6.42 Å². The maximum Gasteiger partial charge on any atom is 0.100 e. The molecule has 2 aromatic rings. The van der Waals surface area contributed by atoms with Crippen LogP contribution in [-0.4, -0.2) is 18.7 Å². The van der Waals surface area contributed by atoms with Crippen LogP contribution in [0.15, 0.2) is 60.7 Å². The fourth-order valence-electron chi connectivity index (χ4n) is 2.71. The maximum absolute atomic E-state index is 5.95. The van der Waals surface area contributed by atoms with E-state index in [2.05, 4.69) is 66.5 Å². The number of benzene rings is 2. The van der Waals surface area contributed by atoms with Crippen molar-refractivity contribution in [2.75, 3.05) is 13.8 Å². The van der Waals surface area contributed by atoms with Crippen molar-refractivity contribution in [3.05, 3.63) is 71.8 Å². The highest BCUT2D eigenvalue weighted by Gasteiger charge is 2.28. The standard InChI is InChI=1S/C17H19NO/c1-18-13-19-17(15-10-6-3-7-11-15)12-16(18)14-8-4-2-5-9-14/h2-11,16-17H,12-13H2,1H3/t16-,17+/m1/s1. The highest BCUT2D eigenvalue weighted by molar-refractivity contribution is 5.23. The van der Waals surface area contributed by atoms with Gasteiger partial charge >= 0.3 is 0 Å². The Morgan fingerprint density at radius 1 is 0.895 bits per heavy atom. The molecule has 2 nitrogen and oxygen atoms in total. The predicted molar refractivity (Wildman–Crippen MR) is 76.7 cm³/mol. The van der Waals surface area contributed by atoms with Gasteiger partial charge in [0.2, 0.25) is 0 Å². The van der Waals surface area contributed by atoms with E-state index in [4.69, 9.17) is 4.74 Å². The Morgan fingerprint density at radius 3 is 2.11 bits per heavy atom. The molecule has 1 saturated heterocycles. The van der Waals surface area contributed by atoms with Crippen LogP contribution in [0.3, 0.4) is 0 Å². The van der Waals surface area contributed by atoms with Crippen molar-refractivity contribution in [3.8, 4) is 0 Å². The Hall–Kier alpha value is -1.64. The Morgan fingerprint density at radius 2 is 1.47 bits per heavy atom. The summed E-state index contributed by atoms with van der Waals surface area (Å²) >= 11 is 0. The molecule has 0 radical (unpaired) electrons. The molecule has 0 saturated carbocycles. The minimum absolute atomic E-state index is 0.197. The second kappa shape index (κ2) is 5.55. The molecule has 2 heteroatoms. The van der Waals surface area contributed by atoms with Crippen molar-refractivity contribution in [1.82, 2.24) is 4.90 Å². The Labute approximate surface area is 114 Å². The minimum Gasteiger partial charge on any atom is -0.358 e. The van der Waals surface area contributed by atoms with Crippen LogP contribution in [0.5, 0.6) is 0 Å². The van der Waals surface area contributed by atoms with Gasteiger partial charge in [0.25, 0.3) is 0 Å². The third-order valence-electron chi connectivity index (χ3n) is 3.80. The van der Waals surface area contributed by atoms with Crippen molar-refractivity contribution >= 4 is 0 Å². The number of hydrogen-bond acceptors (Lipinski definition) is 2. The average Bonchev–Trinajstić information content (AvgIpc) is 2.49. The molecule has 2 aromatic carbocycles. The Bertz CT molecular complexity index is 511. The topological polar surface area (TPSA) is 12.5 Å². The molecule has 0 N–H and O–H groups in total. The SMILES string of the molecule is CN1CO[C@H](c2ccccc2)C[C@@H]1c1ccccc1. The highest BCUT2D eigenvalue weighted by atomic mass is 16.5. The normalized spacial score (nSPS) is 24.3. The maximum atomic E-state index is 5.95. The molecule has 1 fully saturated rings. The Kier molecular flexibility index (Phi) is 3.62. The molecule has 19 heavy (non-hydrogen) atoms. The zero-order valence-electron chi connectivity index (χ0n) is 11.2. The first kappa shape index (κ1) is 12.4. The molecule has 0 aliphatic carbocycles. The summed E-state index contributed by atoms with van der Waals surface area (Å²) in [7, 11) is 2.12. The fraction of sp³-hybridized carbons (Fsp3) is 0.294. The summed E-state index contributed by atoms with van der Waals surface area (Å²) in [6, 6.07) is 21.6. The van der Waals surface area contributed by atoms with Crippen molar-refractivity contribution in [3.63, 3.8) is 0 Å². The first-order chi connectivity index (χ1) is 9.34. The molecule has 0 amide bonds. The van der Waals surface area contributed by atoms with Gasteiger partial charge in [0.15, 0.2) is 0 Å². The second-order valence-corrected chi connectivity index (χ2v) is 5.11. The zero-order chi connectivity index (χ0) is 13.1. The van der Waals surface area contributed by atoms with Gasteiger partial charge in [0.1, 0.15) is 6.73 Å². The molecule has 98 valence electrons.